The van der Waals surface area contributed by atoms with Gasteiger partial charge in [0.1, 0.15) is 6.54 Å². The Morgan fingerprint density at radius 3 is 2.40 bits per heavy atom. The lowest BCUT2D eigenvalue weighted by Gasteiger charge is -2.14. The van der Waals surface area contributed by atoms with Crippen molar-refractivity contribution in [2.24, 2.45) is 0 Å². The van der Waals surface area contributed by atoms with Crippen molar-refractivity contribution in [3.63, 3.8) is 0 Å². The lowest BCUT2D eigenvalue weighted by molar-refractivity contribution is -0.116. The molecule has 20 heavy (non-hydrogen) atoms. The summed E-state index contributed by atoms with van der Waals surface area (Å²) >= 11 is 0. The fourth-order valence-corrected chi connectivity index (χ4v) is 2.28. The summed E-state index contributed by atoms with van der Waals surface area (Å²) < 4.78 is 1.66. The van der Waals surface area contributed by atoms with E-state index in [1.165, 1.54) is 11.1 Å². The van der Waals surface area contributed by atoms with Gasteiger partial charge in [0, 0.05) is 11.9 Å². The molecular formula is C16H21N3O. The highest BCUT2D eigenvalue weighted by atomic mass is 16.2. The molecule has 0 aliphatic rings. The number of para-hydroxylation sites is 1. The first-order chi connectivity index (χ1) is 9.63. The molecule has 0 spiro atoms. The number of hydrogen-bond donors (Lipinski definition) is 1. The Hall–Kier alpha value is -2.10. The van der Waals surface area contributed by atoms with Crippen LogP contribution in [0.5, 0.6) is 0 Å². The molecule has 0 fully saturated rings. The number of rotatable bonds is 5. The number of carbonyl (C=O) groups excluding carboxylic acids is 1. The average molecular weight is 271 g/mol. The SMILES string of the molecule is CCc1cccc(CC)c1NC(=O)Cn1cc(C)cn1. The molecule has 1 N–H and O–H groups in total. The second kappa shape index (κ2) is 6.37. The third-order valence-electron chi connectivity index (χ3n) is 3.33. The van der Waals surface area contributed by atoms with Crippen LogP contribution in [0, 0.1) is 6.92 Å². The normalized spacial score (nSPS) is 10.6. The number of nitrogens with zero attached hydrogens (tertiary/aromatic N) is 2. The molecule has 0 radical (unpaired) electrons. The number of benzene rings is 1. The van der Waals surface area contributed by atoms with Crippen LogP contribution < -0.4 is 5.32 Å². The maximum atomic E-state index is 12.2. The van der Waals surface area contributed by atoms with E-state index in [9.17, 15) is 4.79 Å². The maximum Gasteiger partial charge on any atom is 0.246 e. The summed E-state index contributed by atoms with van der Waals surface area (Å²) in [5, 5.41) is 7.18. The van der Waals surface area contributed by atoms with Gasteiger partial charge in [-0.15, -0.1) is 0 Å². The van der Waals surface area contributed by atoms with Crippen molar-refractivity contribution in [2.75, 3.05) is 5.32 Å². The smallest absolute Gasteiger partial charge is 0.246 e. The number of anilines is 1. The molecule has 4 heteroatoms. The zero-order chi connectivity index (χ0) is 14.5. The van der Waals surface area contributed by atoms with Gasteiger partial charge in [-0.3, -0.25) is 9.48 Å². The van der Waals surface area contributed by atoms with E-state index in [1.807, 2.05) is 19.2 Å². The van der Waals surface area contributed by atoms with Crippen LogP contribution in [0.25, 0.3) is 0 Å². The van der Waals surface area contributed by atoms with E-state index >= 15 is 0 Å². The van der Waals surface area contributed by atoms with Crippen LogP contribution in [0.15, 0.2) is 30.6 Å². The fraction of sp³-hybridized carbons (Fsp3) is 0.375. The van der Waals surface area contributed by atoms with Gasteiger partial charge in [-0.25, -0.2) is 0 Å². The Kier molecular flexibility index (Phi) is 4.56. The first-order valence-electron chi connectivity index (χ1n) is 7.03. The Morgan fingerprint density at radius 2 is 1.90 bits per heavy atom. The lowest BCUT2D eigenvalue weighted by Crippen LogP contribution is -2.20. The maximum absolute atomic E-state index is 12.2. The number of carbonyl (C=O) groups is 1. The fourth-order valence-electron chi connectivity index (χ4n) is 2.28. The molecule has 2 aromatic rings. The van der Waals surface area contributed by atoms with Gasteiger partial charge >= 0.3 is 0 Å². The van der Waals surface area contributed by atoms with Gasteiger partial charge in [-0.1, -0.05) is 32.0 Å². The summed E-state index contributed by atoms with van der Waals surface area (Å²) in [5.41, 5.74) is 4.37. The van der Waals surface area contributed by atoms with Gasteiger partial charge in [0.25, 0.3) is 0 Å². The minimum Gasteiger partial charge on any atom is -0.324 e. The van der Waals surface area contributed by atoms with Crippen LogP contribution in [0.2, 0.25) is 0 Å². The van der Waals surface area contributed by atoms with Crippen molar-refractivity contribution in [3.05, 3.63) is 47.3 Å². The zero-order valence-electron chi connectivity index (χ0n) is 12.3. The molecule has 0 saturated carbocycles. The molecule has 1 amide bonds. The summed E-state index contributed by atoms with van der Waals surface area (Å²) in [6.45, 7) is 6.40. The first-order valence-corrected chi connectivity index (χ1v) is 7.03. The molecule has 1 heterocycles. The molecule has 0 aliphatic heterocycles. The van der Waals surface area contributed by atoms with Crippen molar-refractivity contribution in [1.29, 1.82) is 0 Å². The van der Waals surface area contributed by atoms with Gasteiger partial charge in [-0.05, 0) is 36.5 Å². The van der Waals surface area contributed by atoms with E-state index in [-0.39, 0.29) is 12.5 Å². The molecule has 0 unspecified atom stereocenters. The van der Waals surface area contributed by atoms with Crippen LogP contribution in [-0.4, -0.2) is 15.7 Å². The second-order valence-corrected chi connectivity index (χ2v) is 4.92. The Bertz CT molecular complexity index is 579. The quantitative estimate of drug-likeness (QED) is 0.908. The lowest BCUT2D eigenvalue weighted by atomic mass is 10.0. The minimum atomic E-state index is -0.0382. The van der Waals surface area contributed by atoms with Gasteiger partial charge in [0.2, 0.25) is 5.91 Å². The van der Waals surface area contributed by atoms with E-state index < -0.39 is 0 Å². The summed E-state index contributed by atoms with van der Waals surface area (Å²) in [6, 6.07) is 6.17. The van der Waals surface area contributed by atoms with Gasteiger partial charge in [-0.2, -0.15) is 5.10 Å². The molecule has 1 aromatic carbocycles. The monoisotopic (exact) mass is 271 g/mol. The Labute approximate surface area is 119 Å². The van der Waals surface area contributed by atoms with Crippen LogP contribution in [0.4, 0.5) is 5.69 Å². The van der Waals surface area contributed by atoms with Crippen molar-refractivity contribution < 1.29 is 4.79 Å². The van der Waals surface area contributed by atoms with Crippen LogP contribution in [-0.2, 0) is 24.2 Å². The number of hydrogen-bond acceptors (Lipinski definition) is 2. The number of aryl methyl sites for hydroxylation is 3. The Balaban J connectivity index is 2.14. The first kappa shape index (κ1) is 14.3. The summed E-state index contributed by atoms with van der Waals surface area (Å²) in [6.07, 6.45) is 5.44. The largest absolute Gasteiger partial charge is 0.324 e. The molecule has 4 nitrogen and oxygen atoms in total. The zero-order valence-corrected chi connectivity index (χ0v) is 12.3. The summed E-state index contributed by atoms with van der Waals surface area (Å²) in [7, 11) is 0. The molecule has 106 valence electrons. The number of aromatic nitrogens is 2. The van der Waals surface area contributed by atoms with E-state index in [4.69, 9.17) is 0 Å². The van der Waals surface area contributed by atoms with Gasteiger partial charge < -0.3 is 5.32 Å². The van der Waals surface area contributed by atoms with Gasteiger partial charge in [0.05, 0.1) is 6.20 Å². The predicted octanol–water partition coefficient (Wildman–Crippen LogP) is 2.96. The van der Waals surface area contributed by atoms with Crippen molar-refractivity contribution in [3.8, 4) is 0 Å². The molecule has 0 bridgehead atoms. The van der Waals surface area contributed by atoms with Crippen molar-refractivity contribution in [2.45, 2.75) is 40.2 Å². The highest BCUT2D eigenvalue weighted by Crippen LogP contribution is 2.22. The second-order valence-electron chi connectivity index (χ2n) is 4.92. The molecule has 0 saturated heterocycles. The predicted molar refractivity (Wildman–Crippen MR) is 80.8 cm³/mol. The van der Waals surface area contributed by atoms with Crippen LogP contribution in [0.1, 0.15) is 30.5 Å². The summed E-state index contributed by atoms with van der Waals surface area (Å²) in [4.78, 5) is 12.2. The molecule has 1 aromatic heterocycles. The summed E-state index contributed by atoms with van der Waals surface area (Å²) in [5.74, 6) is -0.0382. The Morgan fingerprint density at radius 1 is 1.25 bits per heavy atom. The van der Waals surface area contributed by atoms with Crippen LogP contribution in [0.3, 0.4) is 0 Å². The standard InChI is InChI=1S/C16H21N3O/c1-4-13-7-6-8-14(5-2)16(13)18-15(20)11-19-10-12(3)9-17-19/h6-10H,4-5,11H2,1-3H3,(H,18,20). The molecular weight excluding hydrogens is 250 g/mol. The van der Waals surface area contributed by atoms with E-state index in [0.29, 0.717) is 0 Å². The third kappa shape index (κ3) is 3.26. The number of amides is 1. The average Bonchev–Trinajstić information content (AvgIpc) is 2.84. The highest BCUT2D eigenvalue weighted by Gasteiger charge is 2.10. The van der Waals surface area contributed by atoms with Crippen molar-refractivity contribution >= 4 is 11.6 Å². The highest BCUT2D eigenvalue weighted by molar-refractivity contribution is 5.92. The number of nitrogens with one attached hydrogen (secondary N) is 1. The van der Waals surface area contributed by atoms with E-state index in [0.717, 1.165) is 24.1 Å². The third-order valence-corrected chi connectivity index (χ3v) is 3.33. The van der Waals surface area contributed by atoms with Crippen LogP contribution >= 0.6 is 0 Å². The topological polar surface area (TPSA) is 46.9 Å². The van der Waals surface area contributed by atoms with E-state index in [1.54, 1.807) is 10.9 Å². The van der Waals surface area contributed by atoms with E-state index in [2.05, 4.69) is 36.4 Å². The molecule has 2 rings (SSSR count). The molecule has 0 atom stereocenters. The molecule has 0 aliphatic carbocycles. The van der Waals surface area contributed by atoms with Gasteiger partial charge in [0.15, 0.2) is 0 Å². The minimum absolute atomic E-state index is 0.0382. The van der Waals surface area contributed by atoms with Crippen molar-refractivity contribution in [1.82, 2.24) is 9.78 Å².